The zero-order chi connectivity index (χ0) is 20.9. The van der Waals surface area contributed by atoms with Gasteiger partial charge in [-0.15, -0.1) is 0 Å². The summed E-state index contributed by atoms with van der Waals surface area (Å²) in [4.78, 5) is 37.0. The second kappa shape index (κ2) is 12.2. The minimum atomic E-state index is -0.744. The Labute approximate surface area is 164 Å². The molecule has 28 heavy (non-hydrogen) atoms. The third kappa shape index (κ3) is 7.53. The van der Waals surface area contributed by atoms with Crippen molar-refractivity contribution >= 4 is 17.8 Å². The Hall–Kier alpha value is -3.28. The summed E-state index contributed by atoms with van der Waals surface area (Å²) in [6, 6.07) is 6.63. The standard InChI is InChI=1S/C19H25N3O6/c1-4-26-15-8-7-14(11-16(15)27-5-2)19(25)21-12-18(24)28-13-17(23)22(3)10-6-9-20/h7-8,11H,4-6,10,12-13H2,1-3H3,(H,21,25). The molecule has 2 amide bonds. The molecule has 1 aromatic carbocycles. The van der Waals surface area contributed by atoms with E-state index >= 15 is 0 Å². The molecule has 1 rings (SSSR count). The van der Waals surface area contributed by atoms with Gasteiger partial charge in [0.2, 0.25) is 0 Å². The van der Waals surface area contributed by atoms with Crippen LogP contribution in [0.15, 0.2) is 18.2 Å². The number of ether oxygens (including phenoxy) is 3. The van der Waals surface area contributed by atoms with Crippen LogP contribution in [0, 0.1) is 11.3 Å². The van der Waals surface area contributed by atoms with Crippen LogP contribution in [0.25, 0.3) is 0 Å². The number of nitrogens with one attached hydrogen (secondary N) is 1. The van der Waals surface area contributed by atoms with Crippen LogP contribution < -0.4 is 14.8 Å². The molecule has 9 heteroatoms. The Kier molecular flexibility index (Phi) is 9.89. The highest BCUT2D eigenvalue weighted by atomic mass is 16.5. The zero-order valence-corrected chi connectivity index (χ0v) is 16.3. The average Bonchev–Trinajstić information content (AvgIpc) is 2.69. The monoisotopic (exact) mass is 391 g/mol. The summed E-state index contributed by atoms with van der Waals surface area (Å²) in [5, 5.41) is 10.9. The molecule has 1 aromatic rings. The van der Waals surface area contributed by atoms with E-state index in [4.69, 9.17) is 19.5 Å². The molecular weight excluding hydrogens is 366 g/mol. The summed E-state index contributed by atoms with van der Waals surface area (Å²) in [6.45, 7) is 3.95. The Balaban J connectivity index is 2.53. The van der Waals surface area contributed by atoms with Gasteiger partial charge in [-0.3, -0.25) is 14.4 Å². The molecule has 0 aliphatic heterocycles. The molecule has 0 aliphatic carbocycles. The van der Waals surface area contributed by atoms with Gasteiger partial charge in [-0.2, -0.15) is 5.26 Å². The molecule has 0 radical (unpaired) electrons. The third-order valence-electron chi connectivity index (χ3n) is 3.54. The molecule has 0 heterocycles. The van der Waals surface area contributed by atoms with Gasteiger partial charge in [0.15, 0.2) is 18.1 Å². The average molecular weight is 391 g/mol. The van der Waals surface area contributed by atoms with E-state index in [1.54, 1.807) is 12.1 Å². The summed E-state index contributed by atoms with van der Waals surface area (Å²) in [7, 11) is 1.51. The predicted molar refractivity (Wildman–Crippen MR) is 99.9 cm³/mol. The Morgan fingerprint density at radius 1 is 1.14 bits per heavy atom. The van der Waals surface area contributed by atoms with Gasteiger partial charge < -0.3 is 24.4 Å². The number of hydrogen-bond acceptors (Lipinski definition) is 7. The first-order valence-electron chi connectivity index (χ1n) is 8.87. The summed E-state index contributed by atoms with van der Waals surface area (Å²) < 4.78 is 15.7. The van der Waals surface area contributed by atoms with Crippen molar-refractivity contribution in [2.24, 2.45) is 0 Å². The van der Waals surface area contributed by atoms with Gasteiger partial charge in [-0.05, 0) is 32.0 Å². The van der Waals surface area contributed by atoms with Gasteiger partial charge >= 0.3 is 5.97 Å². The summed E-state index contributed by atoms with van der Waals surface area (Å²) in [5.41, 5.74) is 0.298. The molecule has 9 nitrogen and oxygen atoms in total. The fourth-order valence-electron chi connectivity index (χ4n) is 2.09. The van der Waals surface area contributed by atoms with Gasteiger partial charge in [-0.25, -0.2) is 0 Å². The highest BCUT2D eigenvalue weighted by Gasteiger charge is 2.15. The van der Waals surface area contributed by atoms with E-state index in [0.29, 0.717) is 30.3 Å². The van der Waals surface area contributed by atoms with Crippen molar-refractivity contribution in [2.45, 2.75) is 20.3 Å². The van der Waals surface area contributed by atoms with Crippen LogP contribution in [0.2, 0.25) is 0 Å². The molecular formula is C19H25N3O6. The van der Waals surface area contributed by atoms with E-state index < -0.39 is 24.4 Å². The van der Waals surface area contributed by atoms with Gasteiger partial charge in [-0.1, -0.05) is 0 Å². The maximum atomic E-state index is 12.2. The first kappa shape index (κ1) is 22.8. The molecule has 1 N–H and O–H groups in total. The van der Waals surface area contributed by atoms with Crippen molar-refractivity contribution in [1.82, 2.24) is 10.2 Å². The number of nitriles is 1. The number of hydrogen-bond donors (Lipinski definition) is 1. The fraction of sp³-hybridized carbons (Fsp3) is 0.474. The number of esters is 1. The van der Waals surface area contributed by atoms with Crippen LogP contribution in [0.3, 0.4) is 0 Å². The van der Waals surface area contributed by atoms with Crippen molar-refractivity contribution in [3.63, 3.8) is 0 Å². The van der Waals surface area contributed by atoms with E-state index in [1.165, 1.54) is 18.0 Å². The molecule has 0 saturated carbocycles. The minimum absolute atomic E-state index is 0.193. The number of amides is 2. The minimum Gasteiger partial charge on any atom is -0.490 e. The van der Waals surface area contributed by atoms with Crippen molar-refractivity contribution in [1.29, 1.82) is 5.26 Å². The maximum absolute atomic E-state index is 12.2. The van der Waals surface area contributed by atoms with Crippen LogP contribution in [-0.2, 0) is 14.3 Å². The smallest absolute Gasteiger partial charge is 0.325 e. The topological polar surface area (TPSA) is 118 Å². The lowest BCUT2D eigenvalue weighted by molar-refractivity contribution is -0.150. The second-order valence-electron chi connectivity index (χ2n) is 5.59. The van der Waals surface area contributed by atoms with E-state index in [0.717, 1.165) is 0 Å². The molecule has 0 unspecified atom stereocenters. The maximum Gasteiger partial charge on any atom is 0.325 e. The second-order valence-corrected chi connectivity index (χ2v) is 5.59. The van der Waals surface area contributed by atoms with Crippen LogP contribution >= 0.6 is 0 Å². The van der Waals surface area contributed by atoms with Gasteiger partial charge in [0, 0.05) is 19.2 Å². The zero-order valence-electron chi connectivity index (χ0n) is 16.3. The Morgan fingerprint density at radius 3 is 2.46 bits per heavy atom. The number of likely N-dealkylation sites (N-methyl/N-ethyl adjacent to an activating group) is 1. The lowest BCUT2D eigenvalue weighted by Crippen LogP contribution is -2.35. The van der Waals surface area contributed by atoms with Crippen LogP contribution in [0.5, 0.6) is 11.5 Å². The van der Waals surface area contributed by atoms with Crippen LogP contribution in [0.1, 0.15) is 30.6 Å². The fourth-order valence-corrected chi connectivity index (χ4v) is 2.09. The van der Waals surface area contributed by atoms with Crippen molar-refractivity contribution in [2.75, 3.05) is 40.0 Å². The molecule has 0 aliphatic rings. The molecule has 0 spiro atoms. The largest absolute Gasteiger partial charge is 0.490 e. The molecule has 0 atom stereocenters. The van der Waals surface area contributed by atoms with Crippen molar-refractivity contribution in [3.8, 4) is 17.6 Å². The van der Waals surface area contributed by atoms with E-state index in [1.807, 2.05) is 19.9 Å². The van der Waals surface area contributed by atoms with E-state index in [2.05, 4.69) is 5.32 Å². The summed E-state index contributed by atoms with van der Waals surface area (Å²) in [5.74, 6) is -0.697. The molecule has 152 valence electrons. The van der Waals surface area contributed by atoms with Crippen molar-refractivity contribution in [3.05, 3.63) is 23.8 Å². The lowest BCUT2D eigenvalue weighted by atomic mass is 10.2. The molecule has 0 saturated heterocycles. The highest BCUT2D eigenvalue weighted by Crippen LogP contribution is 2.28. The van der Waals surface area contributed by atoms with Crippen molar-refractivity contribution < 1.29 is 28.6 Å². The number of rotatable bonds is 11. The van der Waals surface area contributed by atoms with Gasteiger partial charge in [0.25, 0.3) is 11.8 Å². The number of carbonyl (C=O) groups excluding carboxylic acids is 3. The number of carbonyl (C=O) groups is 3. The number of nitrogens with zero attached hydrogens (tertiary/aromatic N) is 2. The van der Waals surface area contributed by atoms with Crippen LogP contribution in [0.4, 0.5) is 0 Å². The van der Waals surface area contributed by atoms with E-state index in [-0.39, 0.29) is 19.5 Å². The van der Waals surface area contributed by atoms with Gasteiger partial charge in [0.05, 0.1) is 25.7 Å². The Bertz CT molecular complexity index is 729. The quantitative estimate of drug-likeness (QED) is 0.562. The molecule has 0 aromatic heterocycles. The molecule has 0 fully saturated rings. The van der Waals surface area contributed by atoms with E-state index in [9.17, 15) is 14.4 Å². The molecule has 0 bridgehead atoms. The van der Waals surface area contributed by atoms with Gasteiger partial charge in [0.1, 0.15) is 6.54 Å². The first-order chi connectivity index (χ1) is 13.4. The normalized spacial score (nSPS) is 9.79. The predicted octanol–water partition coefficient (Wildman–Crippen LogP) is 1.13. The highest BCUT2D eigenvalue weighted by molar-refractivity contribution is 5.96. The summed E-state index contributed by atoms with van der Waals surface area (Å²) >= 11 is 0. The SMILES string of the molecule is CCOc1ccc(C(=O)NCC(=O)OCC(=O)N(C)CCC#N)cc1OCC. The number of benzene rings is 1. The van der Waals surface area contributed by atoms with Crippen LogP contribution in [-0.4, -0.2) is 62.6 Å². The lowest BCUT2D eigenvalue weighted by Gasteiger charge is -2.15. The summed E-state index contributed by atoms with van der Waals surface area (Å²) in [6.07, 6.45) is 0.193. The Morgan fingerprint density at radius 2 is 1.82 bits per heavy atom. The first-order valence-corrected chi connectivity index (χ1v) is 8.87. The third-order valence-corrected chi connectivity index (χ3v) is 3.54.